The number of nitrogens with zero attached hydrogens (tertiary/aromatic N) is 2. The van der Waals surface area contributed by atoms with Crippen molar-refractivity contribution in [2.24, 2.45) is 21.5 Å². The molecule has 0 aromatic heterocycles. The highest BCUT2D eigenvalue weighted by Crippen LogP contribution is 2.16. The number of amides is 13. The Balaban J connectivity index is 1.12. The van der Waals surface area contributed by atoms with Crippen LogP contribution in [0.4, 0.5) is 4.79 Å². The number of ether oxygens (including phenoxy) is 1. The summed E-state index contributed by atoms with van der Waals surface area (Å²) >= 11 is 0. The second-order valence-corrected chi connectivity index (χ2v) is 26.9. The van der Waals surface area contributed by atoms with Crippen LogP contribution in [0.2, 0.25) is 0 Å². The Labute approximate surface area is 606 Å². The van der Waals surface area contributed by atoms with Gasteiger partial charge in [0.15, 0.2) is 11.9 Å². The average molecular weight is 1470 g/mol. The van der Waals surface area contributed by atoms with Gasteiger partial charge in [-0.2, -0.15) is 0 Å². The van der Waals surface area contributed by atoms with Gasteiger partial charge >= 0.3 is 18.0 Å². The normalized spacial score (nSPS) is 23.6. The average Bonchev–Trinajstić information content (AvgIpc) is 1.83. The summed E-state index contributed by atoms with van der Waals surface area (Å²) in [5.41, 5.74) is 12.0. The van der Waals surface area contributed by atoms with E-state index in [1.54, 1.807) is 81.4 Å². The highest BCUT2D eigenvalue weighted by atomic mass is 16.6. The molecule has 21 N–H and O–H groups in total. The summed E-state index contributed by atoms with van der Waals surface area (Å²) in [5, 5.41) is 58.9. The van der Waals surface area contributed by atoms with Crippen LogP contribution in [-0.4, -0.2) is 222 Å². The summed E-state index contributed by atoms with van der Waals surface area (Å²) in [6.45, 7) is 4.12. The van der Waals surface area contributed by atoms with E-state index in [9.17, 15) is 82.1 Å². The molecule has 2 saturated heterocycles. The first-order valence-corrected chi connectivity index (χ1v) is 35.1. The summed E-state index contributed by atoms with van der Waals surface area (Å²) in [7, 11) is 0. The fourth-order valence-electron chi connectivity index (χ4n) is 11.8. The van der Waals surface area contributed by atoms with Crippen LogP contribution in [0, 0.1) is 0 Å². The minimum atomic E-state index is -1.69. The Morgan fingerprint density at radius 1 is 0.486 bits per heavy atom. The Morgan fingerprint density at radius 3 is 1.27 bits per heavy atom. The van der Waals surface area contributed by atoms with E-state index in [0.29, 0.717) is 43.5 Å². The number of benzene rings is 2. The van der Waals surface area contributed by atoms with E-state index in [1.807, 2.05) is 0 Å². The number of aliphatic carboxylic acids is 2. The van der Waals surface area contributed by atoms with E-state index < -0.39 is 175 Å². The first kappa shape index (κ1) is 82.8. The van der Waals surface area contributed by atoms with Crippen molar-refractivity contribution in [3.8, 4) is 0 Å². The molecule has 6 rings (SSSR count). The van der Waals surface area contributed by atoms with Crippen molar-refractivity contribution < 1.29 is 86.9 Å². The quantitative estimate of drug-likeness (QED) is 0.0343. The highest BCUT2D eigenvalue weighted by Gasteiger charge is 2.37. The molecule has 0 radical (unpaired) electrons. The zero-order chi connectivity index (χ0) is 76.6. The fourth-order valence-corrected chi connectivity index (χ4v) is 11.8. The molecule has 13 amide bonds. The summed E-state index contributed by atoms with van der Waals surface area (Å²) < 4.78 is 5.44. The summed E-state index contributed by atoms with van der Waals surface area (Å²) in [6, 6.07) is 3.51. The van der Waals surface area contributed by atoms with Crippen LogP contribution in [0.5, 0.6) is 0 Å². The molecule has 4 unspecified atom stereocenters. The van der Waals surface area contributed by atoms with Gasteiger partial charge in [-0.25, -0.2) is 4.79 Å². The largest absolute Gasteiger partial charge is 0.481 e. The van der Waals surface area contributed by atoms with Crippen LogP contribution < -0.4 is 91.2 Å². The Hall–Kier alpha value is -11.2. The first-order valence-electron chi connectivity index (χ1n) is 35.1. The molecule has 11 atom stereocenters. The molecule has 0 aliphatic carbocycles. The van der Waals surface area contributed by atoms with Crippen LogP contribution in [0.1, 0.15) is 135 Å². The Kier molecular flexibility index (Phi) is 33.0. The van der Waals surface area contributed by atoms with Crippen molar-refractivity contribution in [3.05, 3.63) is 71.8 Å². The zero-order valence-electron chi connectivity index (χ0n) is 59.1. The maximum atomic E-state index is 14.4. The van der Waals surface area contributed by atoms with E-state index in [2.05, 4.69) is 89.7 Å². The number of nitrogens with one attached hydrogen (secondary N) is 15. The lowest BCUT2D eigenvalue weighted by molar-refractivity contribution is -0.141. The molecule has 0 bridgehead atoms. The van der Waals surface area contributed by atoms with E-state index in [0.717, 1.165) is 0 Å². The second kappa shape index (κ2) is 41.8. The molecule has 105 heavy (non-hydrogen) atoms. The smallest absolute Gasteiger partial charge is 0.408 e. The number of carboxylic acid groups (broad SMARTS) is 2. The number of carbonyl (C=O) groups excluding carboxylic acids is 13. The first-order chi connectivity index (χ1) is 50.0. The molecule has 4 aliphatic heterocycles. The fraction of sp³-hybridized carbons (Fsp3) is 0.574. The molecule has 4 heterocycles. The monoisotopic (exact) mass is 1470 g/mol. The second-order valence-electron chi connectivity index (χ2n) is 26.9. The Bertz CT molecular complexity index is 3470. The number of guanidine groups is 2. The summed E-state index contributed by atoms with van der Waals surface area (Å²) in [4.78, 5) is 212. The van der Waals surface area contributed by atoms with Crippen molar-refractivity contribution in [2.75, 3.05) is 39.3 Å². The SMILES string of the molecule is CC(C)(C)OC(=O)N[C@@H](CCC(=O)NCCCC[C@@H]1NC(=O)C(Cc2ccccc2)NC(=O)[C@H](CC(=O)O)NC(=O)CNC(=O)[C@H](CCC2CCN=C(N)N2)NC1=O)C(=O)NCCCCC1NC(=O)[C@@H](Cc2ccccc2)NC(=O)[C@H](CC(=O)O)NC(=O)CNC(=O)[C@H](CCC2CCN=C(N)N2)NC1=O. The molecular weight excluding hydrogens is 1370 g/mol. The van der Waals surface area contributed by atoms with Crippen molar-refractivity contribution in [1.82, 2.24) is 79.8 Å². The molecule has 2 fully saturated rings. The van der Waals surface area contributed by atoms with Crippen molar-refractivity contribution in [3.63, 3.8) is 0 Å². The van der Waals surface area contributed by atoms with Gasteiger partial charge in [-0.15, -0.1) is 0 Å². The lowest BCUT2D eigenvalue weighted by atomic mass is 10.0. The zero-order valence-corrected chi connectivity index (χ0v) is 59.1. The van der Waals surface area contributed by atoms with Crippen LogP contribution in [0.3, 0.4) is 0 Å². The number of hydrogen-bond donors (Lipinski definition) is 19. The number of carbonyl (C=O) groups is 15. The molecule has 574 valence electrons. The lowest BCUT2D eigenvalue weighted by Crippen LogP contribution is -2.58. The third-order valence-corrected chi connectivity index (χ3v) is 17.2. The third kappa shape index (κ3) is 30.4. The van der Waals surface area contributed by atoms with Crippen LogP contribution >= 0.6 is 0 Å². The predicted molar refractivity (Wildman–Crippen MR) is 377 cm³/mol. The minimum Gasteiger partial charge on any atom is -0.481 e. The van der Waals surface area contributed by atoms with Gasteiger partial charge in [-0.3, -0.25) is 77.1 Å². The van der Waals surface area contributed by atoms with Gasteiger partial charge in [-0.05, 0) is 115 Å². The molecule has 4 aliphatic rings. The number of rotatable bonds is 29. The lowest BCUT2D eigenvalue weighted by Gasteiger charge is -2.27. The number of nitrogens with two attached hydrogens (primary N) is 2. The standard InChI is InChI=1S/C68H99N19O18/c1-68(2,3)105-67(104)87-46(56(95)72-29-13-11-19-43-60(99)84-45(23-21-41-27-31-74-66(70)78-41)58(97)76-37-53(90)80-50(35-55(93)94)64(103)86-48(62(101)82-43)33-39-16-8-5-9-17-39)24-25-51(88)71-28-12-10-18-42-59(98)83-44(22-20-40-26-30-73-65(69)77-40)57(96)75-36-52(89)79-49(34-54(91)92)63(102)85-47(61(100)81-42)32-38-14-6-4-7-15-38/h4-9,14-17,40-50H,10-13,18-37H2,1-3H3,(H,71,88)(H,72,95)(H,75,96)(H,76,97)(H,79,89)(H,80,90)(H,81,100)(H,82,101)(H,83,98)(H,84,99)(H,85,102)(H,86,103)(H,87,104)(H,91,92)(H,93,94)(H3,69,73,77)(H3,70,74,78)/t40?,41?,42-,43?,44-,45-,46-,47?,48+,49-,50-/m0/s1. The van der Waals surface area contributed by atoms with Crippen molar-refractivity contribution >= 4 is 101 Å². The van der Waals surface area contributed by atoms with E-state index in [1.165, 1.54) is 0 Å². The molecule has 37 nitrogen and oxygen atoms in total. The van der Waals surface area contributed by atoms with E-state index in [-0.39, 0.29) is 121 Å². The molecular formula is C68H99N19O18. The van der Waals surface area contributed by atoms with Gasteiger partial charge in [0.25, 0.3) is 0 Å². The molecule has 37 heteroatoms. The topological polar surface area (TPSA) is 563 Å². The Morgan fingerprint density at radius 2 is 0.867 bits per heavy atom. The van der Waals surface area contributed by atoms with Crippen LogP contribution in [-0.2, 0) is 84.7 Å². The van der Waals surface area contributed by atoms with E-state index in [4.69, 9.17) is 16.2 Å². The summed E-state index contributed by atoms with van der Waals surface area (Å²) in [6.07, 6.45) is -1.48. The maximum absolute atomic E-state index is 14.4. The van der Waals surface area contributed by atoms with Crippen LogP contribution in [0.15, 0.2) is 70.6 Å². The molecule has 2 aromatic rings. The van der Waals surface area contributed by atoms with Crippen molar-refractivity contribution in [2.45, 2.75) is 208 Å². The number of carboxylic acids is 2. The molecule has 0 spiro atoms. The number of aliphatic imine (C=N–C) groups is 2. The van der Waals surface area contributed by atoms with E-state index >= 15 is 0 Å². The summed E-state index contributed by atoms with van der Waals surface area (Å²) in [5.74, 6) is -12.7. The predicted octanol–water partition coefficient (Wildman–Crippen LogP) is -4.28. The van der Waals surface area contributed by atoms with Crippen molar-refractivity contribution in [1.29, 1.82) is 0 Å². The van der Waals surface area contributed by atoms with Gasteiger partial charge in [-0.1, -0.05) is 60.7 Å². The highest BCUT2D eigenvalue weighted by molar-refractivity contribution is 6.00. The van der Waals surface area contributed by atoms with Crippen LogP contribution in [0.25, 0.3) is 0 Å². The van der Waals surface area contributed by atoms with Gasteiger partial charge < -0.3 is 106 Å². The molecule has 2 aromatic carbocycles. The number of hydrogen-bond acceptors (Lipinski definition) is 22. The number of unbranched alkanes of at least 4 members (excludes halogenated alkanes) is 2. The minimum absolute atomic E-state index is 0.00658. The molecule has 0 saturated carbocycles. The van der Waals surface area contributed by atoms with Gasteiger partial charge in [0, 0.05) is 57.5 Å². The van der Waals surface area contributed by atoms with Gasteiger partial charge in [0.05, 0.1) is 25.9 Å². The third-order valence-electron chi connectivity index (χ3n) is 17.2. The van der Waals surface area contributed by atoms with Gasteiger partial charge in [0.1, 0.15) is 60.0 Å². The number of alkyl carbamates (subject to hydrolysis) is 1. The van der Waals surface area contributed by atoms with Gasteiger partial charge in [0.2, 0.25) is 70.9 Å². The maximum Gasteiger partial charge on any atom is 0.408 e.